The van der Waals surface area contributed by atoms with Crippen LogP contribution in [0.5, 0.6) is 5.75 Å². The van der Waals surface area contributed by atoms with Gasteiger partial charge in [0.2, 0.25) is 0 Å². The molecule has 2 N–H and O–H groups in total. The number of hydrogen-bond acceptors (Lipinski definition) is 5. The highest BCUT2D eigenvalue weighted by Gasteiger charge is 2.30. The van der Waals surface area contributed by atoms with Crippen LogP contribution in [0.15, 0.2) is 41.1 Å². The van der Waals surface area contributed by atoms with Crippen LogP contribution in [0.1, 0.15) is 33.4 Å². The molecule has 134 valence electrons. The average molecular weight is 354 g/mol. The maximum Gasteiger partial charge on any atom is 0.289 e. The quantitative estimate of drug-likeness (QED) is 0.770. The zero-order valence-electron chi connectivity index (χ0n) is 14.2. The maximum absolute atomic E-state index is 12.8. The highest BCUT2D eigenvalue weighted by molar-refractivity contribution is 5.97. The fourth-order valence-electron chi connectivity index (χ4n) is 3.27. The fourth-order valence-corrected chi connectivity index (χ4v) is 3.27. The largest absolute Gasteiger partial charge is 0.493 e. The molecule has 1 fully saturated rings. The molecule has 0 saturated carbocycles. The van der Waals surface area contributed by atoms with E-state index in [2.05, 4.69) is 5.10 Å². The third kappa shape index (κ3) is 2.69. The van der Waals surface area contributed by atoms with E-state index < -0.39 is 5.91 Å². The monoisotopic (exact) mass is 354 g/mol. The highest BCUT2D eigenvalue weighted by atomic mass is 16.5. The zero-order chi connectivity index (χ0) is 18.3. The van der Waals surface area contributed by atoms with Gasteiger partial charge >= 0.3 is 0 Å². The second-order valence-corrected chi connectivity index (χ2v) is 6.26. The first-order valence-electron chi connectivity index (χ1n) is 8.26. The third-order valence-corrected chi connectivity index (χ3v) is 4.65. The Morgan fingerprint density at radius 3 is 2.96 bits per heavy atom. The first-order chi connectivity index (χ1) is 12.6. The van der Waals surface area contributed by atoms with Crippen molar-refractivity contribution in [2.45, 2.75) is 12.5 Å². The van der Waals surface area contributed by atoms with Gasteiger partial charge in [-0.3, -0.25) is 14.3 Å². The summed E-state index contributed by atoms with van der Waals surface area (Å²) in [5, 5.41) is 5.00. The van der Waals surface area contributed by atoms with Crippen molar-refractivity contribution in [1.82, 2.24) is 14.7 Å². The van der Waals surface area contributed by atoms with Gasteiger partial charge in [0.05, 0.1) is 24.9 Å². The Kier molecular flexibility index (Phi) is 3.87. The minimum atomic E-state index is -0.515. The predicted molar refractivity (Wildman–Crippen MR) is 93.1 cm³/mol. The first-order valence-corrected chi connectivity index (χ1v) is 8.26. The molecular weight excluding hydrogens is 336 g/mol. The van der Waals surface area contributed by atoms with Gasteiger partial charge in [0.1, 0.15) is 0 Å². The molecule has 3 aromatic rings. The summed E-state index contributed by atoms with van der Waals surface area (Å²) in [4.78, 5) is 25.7. The van der Waals surface area contributed by atoms with Crippen LogP contribution in [-0.2, 0) is 0 Å². The van der Waals surface area contributed by atoms with Gasteiger partial charge in [-0.05, 0) is 18.6 Å². The minimum absolute atomic E-state index is 0.00552. The Morgan fingerprint density at radius 2 is 2.23 bits per heavy atom. The topological polar surface area (TPSA) is 104 Å². The number of primary amides is 1. The van der Waals surface area contributed by atoms with Gasteiger partial charge in [0, 0.05) is 24.7 Å². The summed E-state index contributed by atoms with van der Waals surface area (Å²) >= 11 is 0. The van der Waals surface area contributed by atoms with E-state index in [0.29, 0.717) is 30.0 Å². The molecule has 1 aliphatic rings. The molecule has 8 heteroatoms. The molecule has 26 heavy (non-hydrogen) atoms. The summed E-state index contributed by atoms with van der Waals surface area (Å²) in [6.07, 6.45) is 3.81. The number of rotatable bonds is 4. The van der Waals surface area contributed by atoms with Crippen molar-refractivity contribution in [3.05, 3.63) is 48.0 Å². The van der Waals surface area contributed by atoms with E-state index in [1.165, 1.54) is 6.20 Å². The van der Waals surface area contributed by atoms with E-state index in [1.807, 2.05) is 12.1 Å². The number of fused-ring (bicyclic) bond motifs is 1. The van der Waals surface area contributed by atoms with Crippen LogP contribution in [0.4, 0.5) is 0 Å². The van der Waals surface area contributed by atoms with Crippen LogP contribution in [0.3, 0.4) is 0 Å². The second-order valence-electron chi connectivity index (χ2n) is 6.26. The number of hydrogen-bond donors (Lipinski definition) is 1. The lowest BCUT2D eigenvalue weighted by Crippen LogP contribution is -2.28. The number of nitrogens with two attached hydrogens (primary N) is 1. The molecule has 1 atom stereocenters. The number of nitrogens with zero attached hydrogens (tertiary/aromatic N) is 3. The van der Waals surface area contributed by atoms with E-state index in [4.69, 9.17) is 14.9 Å². The lowest BCUT2D eigenvalue weighted by molar-refractivity contribution is 0.0757. The molecule has 8 nitrogen and oxygen atoms in total. The van der Waals surface area contributed by atoms with E-state index in [1.54, 1.807) is 35.0 Å². The molecule has 0 spiro atoms. The summed E-state index contributed by atoms with van der Waals surface area (Å²) in [6, 6.07) is 7.25. The molecule has 1 aliphatic heterocycles. The van der Waals surface area contributed by atoms with E-state index in [-0.39, 0.29) is 17.7 Å². The molecule has 3 heterocycles. The van der Waals surface area contributed by atoms with Crippen molar-refractivity contribution in [3.63, 3.8) is 0 Å². The molecule has 1 unspecified atom stereocenters. The van der Waals surface area contributed by atoms with Crippen LogP contribution >= 0.6 is 0 Å². The summed E-state index contributed by atoms with van der Waals surface area (Å²) in [6.45, 7) is 1.08. The van der Waals surface area contributed by atoms with Crippen LogP contribution in [0.25, 0.3) is 11.0 Å². The van der Waals surface area contributed by atoms with E-state index in [9.17, 15) is 9.59 Å². The summed E-state index contributed by atoms with van der Waals surface area (Å²) in [7, 11) is 1.56. The number of carbonyl (C=O) groups excluding carboxylic acids is 2. The van der Waals surface area contributed by atoms with Gasteiger partial charge < -0.3 is 19.8 Å². The molecule has 0 aliphatic carbocycles. The number of aromatic nitrogens is 2. The molecule has 4 rings (SSSR count). The Morgan fingerprint density at radius 1 is 1.38 bits per heavy atom. The van der Waals surface area contributed by atoms with Crippen molar-refractivity contribution in [1.29, 1.82) is 0 Å². The number of likely N-dealkylation sites (tertiary alicyclic amines) is 1. The summed E-state index contributed by atoms with van der Waals surface area (Å²) < 4.78 is 12.7. The normalized spacial score (nSPS) is 17.0. The van der Waals surface area contributed by atoms with Crippen molar-refractivity contribution in [2.75, 3.05) is 20.2 Å². The molecular formula is C18H18N4O4. The first kappa shape index (κ1) is 16.2. The highest BCUT2D eigenvalue weighted by Crippen LogP contribution is 2.30. The van der Waals surface area contributed by atoms with Crippen molar-refractivity contribution < 1.29 is 18.7 Å². The van der Waals surface area contributed by atoms with Crippen LogP contribution in [0, 0.1) is 0 Å². The number of amides is 2. The third-order valence-electron chi connectivity index (χ3n) is 4.65. The second kappa shape index (κ2) is 6.21. The predicted octanol–water partition coefficient (Wildman–Crippen LogP) is 1.82. The van der Waals surface area contributed by atoms with Crippen molar-refractivity contribution >= 4 is 22.8 Å². The number of furan rings is 1. The standard InChI is InChI=1S/C18H18N4O4/c1-25-14-4-2-3-11-7-15(26-16(11)14)18(24)21-6-5-13(10-21)22-9-12(8-20-22)17(19)23/h2-4,7-9,13H,5-6,10H2,1H3,(H2,19,23). The van der Waals surface area contributed by atoms with Crippen LogP contribution < -0.4 is 10.5 Å². The zero-order valence-corrected chi connectivity index (χ0v) is 14.2. The van der Waals surface area contributed by atoms with Crippen molar-refractivity contribution in [2.24, 2.45) is 5.73 Å². The van der Waals surface area contributed by atoms with Crippen molar-refractivity contribution in [3.8, 4) is 5.75 Å². The molecule has 0 bridgehead atoms. The number of benzene rings is 1. The summed E-state index contributed by atoms with van der Waals surface area (Å²) in [5.41, 5.74) is 6.18. The van der Waals surface area contributed by atoms with E-state index >= 15 is 0 Å². The summed E-state index contributed by atoms with van der Waals surface area (Å²) in [5.74, 6) is 0.186. The lowest BCUT2D eigenvalue weighted by Gasteiger charge is -2.15. The fraction of sp³-hybridized carbons (Fsp3) is 0.278. The Labute approximate surface area is 149 Å². The van der Waals surface area contributed by atoms with E-state index in [0.717, 1.165) is 11.8 Å². The smallest absolute Gasteiger partial charge is 0.289 e. The Hall–Kier alpha value is -3.29. The maximum atomic E-state index is 12.8. The molecule has 0 radical (unpaired) electrons. The molecule has 2 amide bonds. The Balaban J connectivity index is 1.53. The van der Waals surface area contributed by atoms with Gasteiger partial charge in [-0.15, -0.1) is 0 Å². The number of methoxy groups -OCH3 is 1. The molecule has 2 aromatic heterocycles. The Bertz CT molecular complexity index is 990. The average Bonchev–Trinajstić information content (AvgIpc) is 3.38. The van der Waals surface area contributed by atoms with Gasteiger partial charge in [0.15, 0.2) is 17.1 Å². The van der Waals surface area contributed by atoms with Gasteiger partial charge in [-0.2, -0.15) is 5.10 Å². The minimum Gasteiger partial charge on any atom is -0.493 e. The number of para-hydroxylation sites is 1. The van der Waals surface area contributed by atoms with Gasteiger partial charge in [-0.1, -0.05) is 12.1 Å². The number of carbonyl (C=O) groups is 2. The lowest BCUT2D eigenvalue weighted by atomic mass is 10.2. The van der Waals surface area contributed by atoms with Gasteiger partial charge in [0.25, 0.3) is 11.8 Å². The molecule has 1 saturated heterocycles. The SMILES string of the molecule is COc1cccc2cc(C(=O)N3CCC(n4cc(C(N)=O)cn4)C3)oc12. The van der Waals surface area contributed by atoms with Crippen LogP contribution in [-0.4, -0.2) is 46.7 Å². The molecule has 1 aromatic carbocycles. The van der Waals surface area contributed by atoms with Crippen LogP contribution in [0.2, 0.25) is 0 Å². The van der Waals surface area contributed by atoms with Gasteiger partial charge in [-0.25, -0.2) is 0 Å². The number of ether oxygens (including phenoxy) is 1.